The van der Waals surface area contributed by atoms with Gasteiger partial charge in [-0.05, 0) is 38.5 Å². The number of aliphatic carboxylic acids is 1. The molecular weight excluding hydrogens is 625 g/mol. The van der Waals surface area contributed by atoms with E-state index < -0.39 is 51.1 Å². The van der Waals surface area contributed by atoms with Gasteiger partial charge in [0.15, 0.2) is 6.10 Å². The molecule has 0 aromatic carbocycles. The highest BCUT2D eigenvalue weighted by Gasteiger charge is 2.28. The summed E-state index contributed by atoms with van der Waals surface area (Å²) in [6, 6.07) is -1.52. The zero-order valence-corrected chi connectivity index (χ0v) is 30.3. The van der Waals surface area contributed by atoms with Gasteiger partial charge in [-0.2, -0.15) is 0 Å². The van der Waals surface area contributed by atoms with Gasteiger partial charge in [0.05, 0.1) is 13.2 Å². The normalized spacial score (nSPS) is 14.1. The molecule has 12 heteroatoms. The first-order valence-electron chi connectivity index (χ1n) is 18.2. The maximum Gasteiger partial charge on any atom is 0.472 e. The highest BCUT2D eigenvalue weighted by molar-refractivity contribution is 7.47. The third-order valence-corrected chi connectivity index (χ3v) is 8.71. The van der Waals surface area contributed by atoms with Crippen molar-refractivity contribution < 1.29 is 47.5 Å². The summed E-state index contributed by atoms with van der Waals surface area (Å²) in [5, 5.41) is 8.83. The molecule has 0 heterocycles. The molecule has 4 N–H and O–H groups in total. The number of carbonyl (C=O) groups is 3. The van der Waals surface area contributed by atoms with Crippen molar-refractivity contribution in [3.8, 4) is 0 Å². The molecule has 0 radical (unpaired) electrons. The number of rotatable bonds is 34. The number of carboxylic acid groups (broad SMARTS) is 1. The van der Waals surface area contributed by atoms with Crippen LogP contribution in [0.1, 0.15) is 162 Å². The molecule has 0 aliphatic carbocycles. The van der Waals surface area contributed by atoms with E-state index in [0.717, 1.165) is 44.9 Å². The standard InChI is InChI=1S/C35H66NO10P/c1-3-5-7-9-11-13-14-15-16-17-18-19-21-23-25-27-34(38)46-31(29-44-47(41,42)45-30-32(36)35(39)40)28-43-33(37)26-24-22-20-12-10-8-6-4-2/h13-14,31-32H,3-12,15-30,36H2,1-2H3,(H,39,40)(H,41,42)/b14-13+/t31-,32-/m0/s1. The number of hydrogen-bond donors (Lipinski definition) is 3. The largest absolute Gasteiger partial charge is 0.480 e. The lowest BCUT2D eigenvalue weighted by Crippen LogP contribution is -2.34. The lowest BCUT2D eigenvalue weighted by Gasteiger charge is -2.20. The van der Waals surface area contributed by atoms with Crippen LogP contribution in [-0.4, -0.2) is 59.9 Å². The Labute approximate surface area is 284 Å². The highest BCUT2D eigenvalue weighted by Crippen LogP contribution is 2.43. The molecule has 0 amide bonds. The zero-order valence-electron chi connectivity index (χ0n) is 29.4. The first kappa shape index (κ1) is 45.2. The van der Waals surface area contributed by atoms with E-state index in [1.807, 2.05) is 0 Å². The van der Waals surface area contributed by atoms with Crippen LogP contribution < -0.4 is 5.73 Å². The van der Waals surface area contributed by atoms with Crippen LogP contribution in [0.4, 0.5) is 0 Å². The van der Waals surface area contributed by atoms with Crippen LogP contribution in [0.25, 0.3) is 0 Å². The number of unbranched alkanes of at least 4 members (excludes halogenated alkanes) is 18. The van der Waals surface area contributed by atoms with Gasteiger partial charge in [0, 0.05) is 12.8 Å². The molecule has 0 aromatic rings. The Kier molecular flexibility index (Phi) is 30.3. The average molecular weight is 692 g/mol. The van der Waals surface area contributed by atoms with Crippen LogP contribution in [0, 0.1) is 0 Å². The molecule has 0 saturated carbocycles. The second-order valence-electron chi connectivity index (χ2n) is 12.4. The van der Waals surface area contributed by atoms with Gasteiger partial charge in [0.1, 0.15) is 12.6 Å². The van der Waals surface area contributed by atoms with E-state index in [0.29, 0.717) is 12.8 Å². The first-order chi connectivity index (χ1) is 22.6. The fourth-order valence-electron chi connectivity index (χ4n) is 4.82. The topological polar surface area (TPSA) is 172 Å². The summed E-state index contributed by atoms with van der Waals surface area (Å²) in [7, 11) is -4.70. The third kappa shape index (κ3) is 31.3. The minimum Gasteiger partial charge on any atom is -0.480 e. The highest BCUT2D eigenvalue weighted by atomic mass is 31.2. The molecule has 276 valence electrons. The Morgan fingerprint density at radius 3 is 1.57 bits per heavy atom. The second kappa shape index (κ2) is 31.5. The molecule has 0 spiro atoms. The van der Waals surface area contributed by atoms with Crippen molar-refractivity contribution in [2.75, 3.05) is 19.8 Å². The SMILES string of the molecule is CCCCCC/C=C/CCCCCCCCCC(=O)O[C@@H](COC(=O)CCCCCCCCCC)COP(=O)(O)OC[C@H](N)C(=O)O. The molecule has 0 bridgehead atoms. The quantitative estimate of drug-likeness (QED) is 0.0255. The summed E-state index contributed by atoms with van der Waals surface area (Å²) in [4.78, 5) is 45.5. The fraction of sp³-hybridized carbons (Fsp3) is 0.857. The number of esters is 2. The third-order valence-electron chi connectivity index (χ3n) is 7.76. The monoisotopic (exact) mass is 691 g/mol. The van der Waals surface area contributed by atoms with Crippen LogP contribution in [0.2, 0.25) is 0 Å². The average Bonchev–Trinajstić information content (AvgIpc) is 3.04. The molecular formula is C35H66NO10P. The predicted molar refractivity (Wildman–Crippen MR) is 185 cm³/mol. The molecule has 0 aliphatic rings. The van der Waals surface area contributed by atoms with Crippen LogP contribution >= 0.6 is 7.82 Å². The van der Waals surface area contributed by atoms with E-state index in [4.69, 9.17) is 24.8 Å². The number of carbonyl (C=O) groups excluding carboxylic acids is 2. The number of phosphoric ester groups is 1. The van der Waals surface area contributed by atoms with Crippen LogP contribution in [0.15, 0.2) is 12.2 Å². The Bertz CT molecular complexity index is 869. The minimum absolute atomic E-state index is 0.159. The van der Waals surface area contributed by atoms with E-state index >= 15 is 0 Å². The number of hydrogen-bond acceptors (Lipinski definition) is 9. The van der Waals surface area contributed by atoms with Crippen molar-refractivity contribution in [1.29, 1.82) is 0 Å². The molecule has 0 aromatic heterocycles. The molecule has 1 unspecified atom stereocenters. The smallest absolute Gasteiger partial charge is 0.472 e. The first-order valence-corrected chi connectivity index (χ1v) is 19.7. The summed E-state index contributed by atoms with van der Waals surface area (Å²) in [5.74, 6) is -2.39. The summed E-state index contributed by atoms with van der Waals surface area (Å²) < 4.78 is 32.4. The fourth-order valence-corrected chi connectivity index (χ4v) is 5.60. The predicted octanol–water partition coefficient (Wildman–Crippen LogP) is 8.56. The van der Waals surface area contributed by atoms with Gasteiger partial charge in [-0.25, -0.2) is 4.57 Å². The molecule has 3 atom stereocenters. The number of nitrogens with two attached hydrogens (primary N) is 1. The van der Waals surface area contributed by atoms with Crippen molar-refractivity contribution >= 4 is 25.7 Å². The lowest BCUT2D eigenvalue weighted by molar-refractivity contribution is -0.161. The van der Waals surface area contributed by atoms with Crippen LogP contribution in [0.5, 0.6) is 0 Å². The van der Waals surface area contributed by atoms with Crippen LogP contribution in [0.3, 0.4) is 0 Å². The number of allylic oxidation sites excluding steroid dienone is 2. The molecule has 0 aliphatic heterocycles. The van der Waals surface area contributed by atoms with Gasteiger partial charge in [-0.1, -0.05) is 122 Å². The molecule has 0 rings (SSSR count). The van der Waals surface area contributed by atoms with E-state index in [2.05, 4.69) is 30.5 Å². The number of carboxylic acids is 1. The Hall–Kier alpha value is -1.78. The molecule has 47 heavy (non-hydrogen) atoms. The second-order valence-corrected chi connectivity index (χ2v) is 13.8. The van der Waals surface area contributed by atoms with Crippen molar-refractivity contribution in [2.24, 2.45) is 5.73 Å². The van der Waals surface area contributed by atoms with Gasteiger partial charge in [-0.3, -0.25) is 23.4 Å². The summed E-state index contributed by atoms with van der Waals surface area (Å²) in [6.45, 7) is 2.73. The van der Waals surface area contributed by atoms with Crippen molar-refractivity contribution in [2.45, 2.75) is 174 Å². The summed E-state index contributed by atoms with van der Waals surface area (Å²) in [6.07, 6.45) is 27.2. The maximum atomic E-state index is 12.5. The van der Waals surface area contributed by atoms with E-state index in [9.17, 15) is 23.8 Å². The van der Waals surface area contributed by atoms with Crippen LogP contribution in [-0.2, 0) is 37.5 Å². The van der Waals surface area contributed by atoms with Gasteiger partial charge in [0.2, 0.25) is 0 Å². The Morgan fingerprint density at radius 1 is 0.638 bits per heavy atom. The zero-order chi connectivity index (χ0) is 35.0. The van der Waals surface area contributed by atoms with Gasteiger partial charge < -0.3 is 25.2 Å². The van der Waals surface area contributed by atoms with Gasteiger partial charge >= 0.3 is 25.7 Å². The number of phosphoric acid groups is 1. The summed E-state index contributed by atoms with van der Waals surface area (Å²) in [5.41, 5.74) is 5.30. The van der Waals surface area contributed by atoms with Crippen molar-refractivity contribution in [1.82, 2.24) is 0 Å². The van der Waals surface area contributed by atoms with E-state index in [1.165, 1.54) is 77.0 Å². The molecule has 0 fully saturated rings. The number of ether oxygens (including phenoxy) is 2. The van der Waals surface area contributed by atoms with Gasteiger partial charge in [-0.15, -0.1) is 0 Å². The lowest BCUT2D eigenvalue weighted by atomic mass is 10.1. The Balaban J connectivity index is 4.43. The van der Waals surface area contributed by atoms with Crippen molar-refractivity contribution in [3.05, 3.63) is 12.2 Å². The molecule has 11 nitrogen and oxygen atoms in total. The van der Waals surface area contributed by atoms with Gasteiger partial charge in [0.25, 0.3) is 0 Å². The summed E-state index contributed by atoms with van der Waals surface area (Å²) >= 11 is 0. The van der Waals surface area contributed by atoms with Crippen molar-refractivity contribution in [3.63, 3.8) is 0 Å². The minimum atomic E-state index is -4.70. The van der Waals surface area contributed by atoms with E-state index in [-0.39, 0.29) is 19.4 Å². The van der Waals surface area contributed by atoms with E-state index in [1.54, 1.807) is 0 Å². The Morgan fingerprint density at radius 2 is 1.06 bits per heavy atom. The maximum absolute atomic E-state index is 12.5. The molecule has 0 saturated heterocycles.